The van der Waals surface area contributed by atoms with Gasteiger partial charge in [-0.3, -0.25) is 4.79 Å². The molecule has 0 saturated heterocycles. The molecule has 0 unspecified atom stereocenters. The van der Waals surface area contributed by atoms with E-state index in [-0.39, 0.29) is 11.4 Å². The molecule has 0 bridgehead atoms. The topological polar surface area (TPSA) is 60.0 Å². The minimum atomic E-state index is -0.146. The van der Waals surface area contributed by atoms with E-state index in [1.165, 1.54) is 0 Å². The molecule has 0 radical (unpaired) electrons. The van der Waals surface area contributed by atoms with Crippen LogP contribution in [0.3, 0.4) is 0 Å². The number of hydrogen-bond acceptors (Lipinski definition) is 2. The summed E-state index contributed by atoms with van der Waals surface area (Å²) >= 11 is 0. The lowest BCUT2D eigenvalue weighted by Gasteiger charge is -2.28. The SMILES string of the molecule is CCCn1cc(N)cc1C(=O)NC(C)(CC)CC. The molecule has 0 aliphatic rings. The second-order valence-electron chi connectivity index (χ2n) is 5.07. The van der Waals surface area contributed by atoms with E-state index in [9.17, 15) is 4.79 Å². The summed E-state index contributed by atoms with van der Waals surface area (Å²) in [5.41, 5.74) is 6.93. The third-order valence-corrected chi connectivity index (χ3v) is 3.59. The molecule has 0 aliphatic carbocycles. The van der Waals surface area contributed by atoms with E-state index in [1.54, 1.807) is 6.07 Å². The molecular weight excluding hydrogens is 226 g/mol. The molecule has 102 valence electrons. The lowest BCUT2D eigenvalue weighted by molar-refractivity contribution is 0.0891. The van der Waals surface area contributed by atoms with Gasteiger partial charge in [-0.1, -0.05) is 20.8 Å². The molecule has 0 atom stereocenters. The number of anilines is 1. The summed E-state index contributed by atoms with van der Waals surface area (Å²) < 4.78 is 1.93. The van der Waals surface area contributed by atoms with E-state index in [2.05, 4.69) is 33.0 Å². The van der Waals surface area contributed by atoms with Crippen molar-refractivity contribution in [3.63, 3.8) is 0 Å². The number of carbonyl (C=O) groups is 1. The van der Waals surface area contributed by atoms with Crippen molar-refractivity contribution < 1.29 is 4.79 Å². The van der Waals surface area contributed by atoms with E-state index in [0.717, 1.165) is 25.8 Å². The molecule has 3 N–H and O–H groups in total. The van der Waals surface area contributed by atoms with Crippen molar-refractivity contribution in [1.82, 2.24) is 9.88 Å². The van der Waals surface area contributed by atoms with Crippen LogP contribution in [0.2, 0.25) is 0 Å². The van der Waals surface area contributed by atoms with Crippen LogP contribution in [0.25, 0.3) is 0 Å². The largest absolute Gasteiger partial charge is 0.397 e. The molecule has 1 rings (SSSR count). The van der Waals surface area contributed by atoms with E-state index < -0.39 is 0 Å². The second-order valence-corrected chi connectivity index (χ2v) is 5.07. The zero-order valence-corrected chi connectivity index (χ0v) is 11.9. The van der Waals surface area contributed by atoms with Gasteiger partial charge in [-0.15, -0.1) is 0 Å². The first-order chi connectivity index (χ1) is 8.45. The highest BCUT2D eigenvalue weighted by molar-refractivity contribution is 5.94. The van der Waals surface area contributed by atoms with Gasteiger partial charge in [-0.25, -0.2) is 0 Å². The lowest BCUT2D eigenvalue weighted by Crippen LogP contribution is -2.45. The smallest absolute Gasteiger partial charge is 0.268 e. The average molecular weight is 251 g/mol. The molecule has 0 saturated carbocycles. The quantitative estimate of drug-likeness (QED) is 0.816. The van der Waals surface area contributed by atoms with Crippen molar-refractivity contribution in [3.8, 4) is 0 Å². The molecule has 0 aliphatic heterocycles. The maximum atomic E-state index is 12.3. The second kappa shape index (κ2) is 5.94. The number of nitrogens with zero attached hydrogens (tertiary/aromatic N) is 1. The van der Waals surface area contributed by atoms with Crippen LogP contribution in [0.1, 0.15) is 57.4 Å². The Hall–Kier alpha value is -1.45. The third kappa shape index (κ3) is 3.28. The van der Waals surface area contributed by atoms with Crippen LogP contribution in [0.5, 0.6) is 0 Å². The molecule has 18 heavy (non-hydrogen) atoms. The number of hydrogen-bond donors (Lipinski definition) is 2. The van der Waals surface area contributed by atoms with E-state index >= 15 is 0 Å². The van der Waals surface area contributed by atoms with Crippen LogP contribution in [0.4, 0.5) is 5.69 Å². The molecular formula is C14H25N3O. The first kappa shape index (κ1) is 14.6. The zero-order chi connectivity index (χ0) is 13.8. The highest BCUT2D eigenvalue weighted by Crippen LogP contribution is 2.17. The van der Waals surface area contributed by atoms with Crippen molar-refractivity contribution >= 4 is 11.6 Å². The number of rotatable bonds is 6. The normalized spacial score (nSPS) is 11.6. The van der Waals surface area contributed by atoms with Crippen LogP contribution in [-0.2, 0) is 6.54 Å². The van der Waals surface area contributed by atoms with Gasteiger partial charge >= 0.3 is 0 Å². The molecule has 4 heteroatoms. The molecule has 0 fully saturated rings. The van der Waals surface area contributed by atoms with Crippen LogP contribution in [-0.4, -0.2) is 16.0 Å². The first-order valence-electron chi connectivity index (χ1n) is 6.74. The summed E-state index contributed by atoms with van der Waals surface area (Å²) in [4.78, 5) is 12.3. The zero-order valence-electron chi connectivity index (χ0n) is 11.9. The Morgan fingerprint density at radius 1 is 1.39 bits per heavy atom. The van der Waals surface area contributed by atoms with Gasteiger partial charge in [-0.05, 0) is 32.3 Å². The third-order valence-electron chi connectivity index (χ3n) is 3.59. The number of amides is 1. The molecule has 0 aromatic carbocycles. The summed E-state index contributed by atoms with van der Waals surface area (Å²) in [5.74, 6) is -0.0358. The minimum absolute atomic E-state index is 0.0358. The summed E-state index contributed by atoms with van der Waals surface area (Å²) in [5, 5.41) is 3.11. The van der Waals surface area contributed by atoms with E-state index in [4.69, 9.17) is 5.73 Å². The number of aromatic nitrogens is 1. The Kier molecular flexibility index (Phi) is 4.82. The van der Waals surface area contributed by atoms with Gasteiger partial charge in [-0.2, -0.15) is 0 Å². The highest BCUT2D eigenvalue weighted by atomic mass is 16.2. The summed E-state index contributed by atoms with van der Waals surface area (Å²) in [6, 6.07) is 1.75. The Labute approximate surface area is 110 Å². The Bertz CT molecular complexity index is 405. The van der Waals surface area contributed by atoms with Crippen molar-refractivity contribution in [1.29, 1.82) is 0 Å². The van der Waals surface area contributed by atoms with Crippen LogP contribution < -0.4 is 11.1 Å². The van der Waals surface area contributed by atoms with Gasteiger partial charge in [0.1, 0.15) is 5.69 Å². The van der Waals surface area contributed by atoms with Gasteiger partial charge < -0.3 is 15.6 Å². The summed E-state index contributed by atoms with van der Waals surface area (Å²) in [6.45, 7) is 9.14. The maximum absolute atomic E-state index is 12.3. The van der Waals surface area contributed by atoms with Crippen LogP contribution >= 0.6 is 0 Å². The predicted octanol–water partition coefficient (Wildman–Crippen LogP) is 2.79. The lowest BCUT2D eigenvalue weighted by atomic mass is 9.95. The van der Waals surface area contributed by atoms with Crippen molar-refractivity contribution in [2.75, 3.05) is 5.73 Å². The first-order valence-corrected chi connectivity index (χ1v) is 6.74. The number of aryl methyl sites for hydroxylation is 1. The van der Waals surface area contributed by atoms with Crippen LogP contribution in [0.15, 0.2) is 12.3 Å². The van der Waals surface area contributed by atoms with Crippen molar-refractivity contribution in [3.05, 3.63) is 18.0 Å². The fourth-order valence-electron chi connectivity index (χ4n) is 1.91. The molecule has 0 spiro atoms. The van der Waals surface area contributed by atoms with Gasteiger partial charge in [0.2, 0.25) is 0 Å². The van der Waals surface area contributed by atoms with E-state index in [0.29, 0.717) is 11.4 Å². The van der Waals surface area contributed by atoms with Gasteiger partial charge in [0, 0.05) is 18.3 Å². The number of nitrogens with one attached hydrogen (secondary N) is 1. The minimum Gasteiger partial charge on any atom is -0.397 e. The number of nitrogen functional groups attached to an aromatic ring is 1. The fraction of sp³-hybridized carbons (Fsp3) is 0.643. The monoisotopic (exact) mass is 251 g/mol. The summed E-state index contributed by atoms with van der Waals surface area (Å²) in [6.07, 6.45) is 4.64. The maximum Gasteiger partial charge on any atom is 0.268 e. The summed E-state index contributed by atoms with van der Waals surface area (Å²) in [7, 11) is 0. The number of carbonyl (C=O) groups excluding carboxylic acids is 1. The fourth-order valence-corrected chi connectivity index (χ4v) is 1.91. The van der Waals surface area contributed by atoms with Gasteiger partial charge in [0.05, 0.1) is 5.69 Å². The molecule has 1 heterocycles. The Morgan fingerprint density at radius 2 is 2.00 bits per heavy atom. The Balaban J connectivity index is 2.90. The average Bonchev–Trinajstić information content (AvgIpc) is 2.71. The standard InChI is InChI=1S/C14H25N3O/c1-5-8-17-10-11(15)9-12(17)13(18)16-14(4,6-2)7-3/h9-10H,5-8,15H2,1-4H3,(H,16,18). The van der Waals surface area contributed by atoms with Crippen molar-refractivity contribution in [2.45, 2.75) is 59.0 Å². The van der Waals surface area contributed by atoms with E-state index in [1.807, 2.05) is 10.8 Å². The molecule has 1 aromatic heterocycles. The van der Waals surface area contributed by atoms with Gasteiger partial charge in [0.25, 0.3) is 5.91 Å². The predicted molar refractivity (Wildman–Crippen MR) is 75.6 cm³/mol. The number of nitrogens with two attached hydrogens (primary N) is 1. The molecule has 4 nitrogen and oxygen atoms in total. The Morgan fingerprint density at radius 3 is 2.50 bits per heavy atom. The highest BCUT2D eigenvalue weighted by Gasteiger charge is 2.24. The van der Waals surface area contributed by atoms with Crippen LogP contribution in [0, 0.1) is 0 Å². The van der Waals surface area contributed by atoms with Crippen molar-refractivity contribution in [2.24, 2.45) is 0 Å². The molecule has 1 aromatic rings. The molecule has 1 amide bonds. The van der Waals surface area contributed by atoms with Gasteiger partial charge in [0.15, 0.2) is 0 Å².